The molecule has 0 unspecified atom stereocenters. The SMILES string of the molecule is Cn1cnc2c(=O)n(-c3cccnc3C(F)(F)F)c3cc(Cl)ccc3c21. The fraction of sp³-hybridized carbons (Fsp3) is 0.118. The monoisotopic (exact) mass is 378 g/mol. The molecule has 4 aromatic rings. The standard InChI is InChI=1S/C17H10ClF3N4O/c1-24-8-23-13-14(24)10-5-4-9(18)7-12(10)25(16(13)26)11-3-2-6-22-15(11)17(19,20)21/h2-8H,1H3. The van der Waals surface area contributed by atoms with Gasteiger partial charge in [-0.1, -0.05) is 11.6 Å². The fourth-order valence-corrected chi connectivity index (χ4v) is 3.21. The van der Waals surface area contributed by atoms with Crippen LogP contribution in [0, 0.1) is 0 Å². The van der Waals surface area contributed by atoms with Gasteiger partial charge in [0.05, 0.1) is 23.0 Å². The van der Waals surface area contributed by atoms with Crippen molar-refractivity contribution in [3.63, 3.8) is 0 Å². The van der Waals surface area contributed by atoms with E-state index in [-0.39, 0.29) is 16.7 Å². The maximum absolute atomic E-state index is 13.4. The van der Waals surface area contributed by atoms with Crippen LogP contribution in [0.1, 0.15) is 5.69 Å². The number of fused-ring (bicyclic) bond motifs is 3. The first-order valence-corrected chi connectivity index (χ1v) is 7.84. The van der Waals surface area contributed by atoms with Crippen LogP contribution in [0.3, 0.4) is 0 Å². The van der Waals surface area contributed by atoms with Gasteiger partial charge in [-0.15, -0.1) is 0 Å². The summed E-state index contributed by atoms with van der Waals surface area (Å²) in [7, 11) is 1.71. The number of rotatable bonds is 1. The van der Waals surface area contributed by atoms with E-state index in [1.54, 1.807) is 23.7 Å². The molecule has 9 heteroatoms. The summed E-state index contributed by atoms with van der Waals surface area (Å²) in [4.78, 5) is 20.5. The summed E-state index contributed by atoms with van der Waals surface area (Å²) in [6.45, 7) is 0. The van der Waals surface area contributed by atoms with Crippen molar-refractivity contribution in [3.8, 4) is 5.69 Å². The number of hydrogen-bond acceptors (Lipinski definition) is 3. The number of hydrogen-bond donors (Lipinski definition) is 0. The predicted octanol–water partition coefficient (Wildman–Crippen LogP) is 3.94. The second-order valence-electron chi connectivity index (χ2n) is 5.72. The molecule has 0 fully saturated rings. The minimum Gasteiger partial charge on any atom is -0.333 e. The molecule has 0 aliphatic carbocycles. The van der Waals surface area contributed by atoms with E-state index in [9.17, 15) is 18.0 Å². The molecular formula is C17H10ClF3N4O. The van der Waals surface area contributed by atoms with Gasteiger partial charge >= 0.3 is 6.18 Å². The van der Waals surface area contributed by atoms with Crippen molar-refractivity contribution in [1.29, 1.82) is 0 Å². The number of benzene rings is 1. The molecule has 3 heterocycles. The molecule has 0 radical (unpaired) electrons. The molecule has 0 atom stereocenters. The molecule has 1 aromatic carbocycles. The highest BCUT2D eigenvalue weighted by Gasteiger charge is 2.36. The van der Waals surface area contributed by atoms with E-state index in [1.807, 2.05) is 0 Å². The summed E-state index contributed by atoms with van der Waals surface area (Å²) in [6, 6.07) is 7.26. The highest BCUT2D eigenvalue weighted by Crippen LogP contribution is 2.34. The summed E-state index contributed by atoms with van der Waals surface area (Å²) in [6.07, 6.45) is -2.25. The van der Waals surface area contributed by atoms with E-state index < -0.39 is 17.4 Å². The van der Waals surface area contributed by atoms with Gasteiger partial charge < -0.3 is 4.57 Å². The Morgan fingerprint density at radius 1 is 1.15 bits per heavy atom. The molecule has 4 rings (SSSR count). The van der Waals surface area contributed by atoms with Gasteiger partial charge in [-0.2, -0.15) is 13.2 Å². The third-order valence-electron chi connectivity index (χ3n) is 4.09. The number of aromatic nitrogens is 4. The number of imidazole rings is 1. The van der Waals surface area contributed by atoms with Crippen LogP contribution >= 0.6 is 11.6 Å². The van der Waals surface area contributed by atoms with Gasteiger partial charge in [0.1, 0.15) is 0 Å². The number of nitrogens with zero attached hydrogens (tertiary/aromatic N) is 4. The molecule has 0 spiro atoms. The number of aryl methyl sites for hydroxylation is 1. The van der Waals surface area contributed by atoms with Crippen molar-refractivity contribution in [3.05, 3.63) is 63.9 Å². The van der Waals surface area contributed by atoms with Crippen LogP contribution in [0.2, 0.25) is 5.02 Å². The van der Waals surface area contributed by atoms with Crippen LogP contribution in [0.25, 0.3) is 27.6 Å². The van der Waals surface area contributed by atoms with Crippen molar-refractivity contribution in [1.82, 2.24) is 19.1 Å². The fourth-order valence-electron chi connectivity index (χ4n) is 3.04. The lowest BCUT2D eigenvalue weighted by Crippen LogP contribution is -2.23. The quantitative estimate of drug-likeness (QED) is 0.504. The Bertz CT molecular complexity index is 1230. The van der Waals surface area contributed by atoms with Crippen LogP contribution in [-0.2, 0) is 13.2 Å². The Morgan fingerprint density at radius 2 is 1.92 bits per heavy atom. The minimum absolute atomic E-state index is 0.0688. The van der Waals surface area contributed by atoms with Crippen molar-refractivity contribution in [2.75, 3.05) is 0 Å². The van der Waals surface area contributed by atoms with Crippen LogP contribution in [0.15, 0.2) is 47.7 Å². The first-order chi connectivity index (χ1) is 12.3. The first-order valence-electron chi connectivity index (χ1n) is 7.47. The molecule has 0 N–H and O–H groups in total. The number of pyridine rings is 2. The third kappa shape index (κ3) is 2.37. The predicted molar refractivity (Wildman–Crippen MR) is 91.6 cm³/mol. The van der Waals surface area contributed by atoms with Crippen molar-refractivity contribution >= 4 is 33.5 Å². The highest BCUT2D eigenvalue weighted by molar-refractivity contribution is 6.31. The maximum Gasteiger partial charge on any atom is 0.435 e. The van der Waals surface area contributed by atoms with Gasteiger partial charge in [0, 0.05) is 23.7 Å². The Balaban J connectivity index is 2.26. The summed E-state index contributed by atoms with van der Waals surface area (Å²) in [5.41, 5.74) is -1.36. The largest absolute Gasteiger partial charge is 0.435 e. The average Bonchev–Trinajstić information content (AvgIpc) is 2.97. The van der Waals surface area contributed by atoms with E-state index in [0.29, 0.717) is 15.9 Å². The minimum atomic E-state index is -4.72. The molecule has 3 aromatic heterocycles. The zero-order valence-corrected chi connectivity index (χ0v) is 14.0. The molecule has 132 valence electrons. The third-order valence-corrected chi connectivity index (χ3v) is 4.33. The van der Waals surface area contributed by atoms with Crippen LogP contribution < -0.4 is 5.56 Å². The number of alkyl halides is 3. The Labute approximate surface area is 149 Å². The average molecular weight is 379 g/mol. The van der Waals surface area contributed by atoms with Crippen molar-refractivity contribution < 1.29 is 13.2 Å². The van der Waals surface area contributed by atoms with Gasteiger partial charge in [0.15, 0.2) is 11.2 Å². The Hall–Kier alpha value is -2.87. The summed E-state index contributed by atoms with van der Waals surface area (Å²) < 4.78 is 42.9. The van der Waals surface area contributed by atoms with Crippen molar-refractivity contribution in [2.45, 2.75) is 6.18 Å². The second-order valence-corrected chi connectivity index (χ2v) is 6.16. The summed E-state index contributed by atoms with van der Waals surface area (Å²) in [5, 5.41) is 0.852. The van der Waals surface area contributed by atoms with Crippen molar-refractivity contribution in [2.24, 2.45) is 7.05 Å². The zero-order valence-electron chi connectivity index (χ0n) is 13.3. The maximum atomic E-state index is 13.4. The molecule has 0 saturated carbocycles. The van der Waals surface area contributed by atoms with Gasteiger partial charge in [0.25, 0.3) is 5.56 Å². The first kappa shape index (κ1) is 16.6. The Kier molecular flexibility index (Phi) is 3.55. The van der Waals surface area contributed by atoms with Gasteiger partial charge in [0.2, 0.25) is 0 Å². The number of halogens is 4. The molecule has 0 aliphatic heterocycles. The molecule has 26 heavy (non-hydrogen) atoms. The second kappa shape index (κ2) is 5.57. The summed E-state index contributed by atoms with van der Waals surface area (Å²) in [5.74, 6) is 0. The zero-order chi connectivity index (χ0) is 18.6. The summed E-state index contributed by atoms with van der Waals surface area (Å²) >= 11 is 6.05. The Morgan fingerprint density at radius 3 is 2.65 bits per heavy atom. The molecule has 5 nitrogen and oxygen atoms in total. The van der Waals surface area contributed by atoms with E-state index in [4.69, 9.17) is 11.6 Å². The van der Waals surface area contributed by atoms with E-state index in [1.165, 1.54) is 24.5 Å². The smallest absolute Gasteiger partial charge is 0.333 e. The lowest BCUT2D eigenvalue weighted by molar-refractivity contribution is -0.141. The van der Waals surface area contributed by atoms with Crippen LogP contribution in [0.4, 0.5) is 13.2 Å². The lowest BCUT2D eigenvalue weighted by atomic mass is 10.1. The lowest BCUT2D eigenvalue weighted by Gasteiger charge is -2.16. The van der Waals surface area contributed by atoms with Gasteiger partial charge in [-0.25, -0.2) is 9.97 Å². The van der Waals surface area contributed by atoms with Gasteiger partial charge in [-0.3, -0.25) is 9.36 Å². The molecule has 0 aliphatic rings. The normalized spacial score (nSPS) is 12.2. The van der Waals surface area contributed by atoms with Crippen LogP contribution in [-0.4, -0.2) is 19.1 Å². The van der Waals surface area contributed by atoms with Crippen LogP contribution in [0.5, 0.6) is 0 Å². The molecule has 0 saturated heterocycles. The molecule has 0 amide bonds. The van der Waals surface area contributed by atoms with Gasteiger partial charge in [-0.05, 0) is 30.3 Å². The highest BCUT2D eigenvalue weighted by atomic mass is 35.5. The van der Waals surface area contributed by atoms with E-state index >= 15 is 0 Å². The van der Waals surface area contributed by atoms with E-state index in [2.05, 4.69) is 9.97 Å². The molecule has 0 bridgehead atoms. The van der Waals surface area contributed by atoms with E-state index in [0.717, 1.165) is 10.8 Å². The molecular weight excluding hydrogens is 369 g/mol. The topological polar surface area (TPSA) is 52.7 Å².